The molecule has 1 aromatic heterocycles. The molecule has 0 aliphatic carbocycles. The molecular weight excluding hydrogens is 662 g/mol. The van der Waals surface area contributed by atoms with Gasteiger partial charge in [0.05, 0.1) is 43.2 Å². The lowest BCUT2D eigenvalue weighted by Gasteiger charge is -2.40. The van der Waals surface area contributed by atoms with Gasteiger partial charge in [0.2, 0.25) is 17.7 Å². The summed E-state index contributed by atoms with van der Waals surface area (Å²) in [5.74, 6) is -1.20. The number of rotatable bonds is 17. The van der Waals surface area contributed by atoms with Crippen molar-refractivity contribution in [3.63, 3.8) is 0 Å². The Morgan fingerprint density at radius 1 is 1.00 bits per heavy atom. The van der Waals surface area contributed by atoms with Crippen molar-refractivity contribution in [1.29, 1.82) is 0 Å². The van der Waals surface area contributed by atoms with Crippen LogP contribution in [0, 0.1) is 23.7 Å². The predicted octanol–water partition coefficient (Wildman–Crippen LogP) is 4.96. The van der Waals surface area contributed by atoms with Crippen LogP contribution < -0.4 is 5.32 Å². The molecule has 2 aromatic rings. The smallest absolute Gasteiger partial charge is 0.269 e. The number of amides is 4. The summed E-state index contributed by atoms with van der Waals surface area (Å²) in [5, 5.41) is 5.42. The third kappa shape index (κ3) is 9.54. The second kappa shape index (κ2) is 19.0. The van der Waals surface area contributed by atoms with Gasteiger partial charge in [0.1, 0.15) is 6.04 Å². The van der Waals surface area contributed by atoms with E-state index in [1.54, 1.807) is 26.0 Å². The first-order valence-corrected chi connectivity index (χ1v) is 19.3. The number of aromatic amines is 1. The average Bonchev–Trinajstić information content (AvgIpc) is 3.81. The molecule has 4 rings (SSSR count). The van der Waals surface area contributed by atoms with Crippen LogP contribution in [0.4, 0.5) is 0 Å². The van der Waals surface area contributed by atoms with Gasteiger partial charge < -0.3 is 29.6 Å². The van der Waals surface area contributed by atoms with Crippen molar-refractivity contribution < 1.29 is 33.5 Å². The lowest BCUT2D eigenvalue weighted by atomic mass is 9.88. The number of nitrogens with zero attached hydrogens (tertiary/aromatic N) is 3. The Balaban J connectivity index is 1.50. The van der Waals surface area contributed by atoms with Crippen molar-refractivity contribution in [2.75, 3.05) is 41.0 Å². The number of H-pyrrole nitrogens is 1. The van der Waals surface area contributed by atoms with Crippen LogP contribution in [-0.2, 0) is 39.9 Å². The zero-order valence-corrected chi connectivity index (χ0v) is 32.9. The molecule has 0 radical (unpaired) electrons. The number of para-hydroxylation sites is 1. The van der Waals surface area contributed by atoms with E-state index in [-0.39, 0.29) is 66.3 Å². The first-order valence-electron chi connectivity index (χ1n) is 19.3. The zero-order valence-electron chi connectivity index (χ0n) is 32.9. The topological polar surface area (TPSA) is 134 Å². The number of likely N-dealkylation sites (tertiary alicyclic amines) is 1. The average molecular weight is 726 g/mol. The number of ether oxygens (including phenoxy) is 2. The van der Waals surface area contributed by atoms with Gasteiger partial charge in [0, 0.05) is 63.8 Å². The minimum Gasteiger partial charge on any atom is -0.379 e. The fraction of sp³-hybridized carbons (Fsp3) is 0.700. The van der Waals surface area contributed by atoms with E-state index in [9.17, 15) is 19.2 Å². The number of hydroxylamine groups is 2. The molecule has 2 aliphatic rings. The Labute approximate surface area is 310 Å². The SMILES string of the molecule is CC[C@H](C)[C@@H]([C@@H](CC(=O)N1CCC[C@H]1[C@H](OC)[C@@H](C)C(=O)N[C@@H](Cc1c[nH]c2ccccc12)C(=O)N1CCCCO1)OC)N(C)C(=O)[C@@H](C)C(C)C. The molecule has 12 heteroatoms. The highest BCUT2D eigenvalue weighted by molar-refractivity contribution is 5.90. The quantitative estimate of drug-likeness (QED) is 0.236. The number of carbonyl (C=O) groups excluding carboxylic acids is 4. The number of aromatic nitrogens is 1. The fourth-order valence-corrected chi connectivity index (χ4v) is 7.88. The molecule has 0 saturated carbocycles. The molecule has 1 aromatic carbocycles. The van der Waals surface area contributed by atoms with Crippen molar-refractivity contribution in [2.24, 2.45) is 23.7 Å². The van der Waals surface area contributed by atoms with Gasteiger partial charge in [-0.25, -0.2) is 5.06 Å². The molecule has 12 nitrogen and oxygen atoms in total. The molecule has 290 valence electrons. The summed E-state index contributed by atoms with van der Waals surface area (Å²) in [6.45, 7) is 13.5. The highest BCUT2D eigenvalue weighted by atomic mass is 16.7. The van der Waals surface area contributed by atoms with Gasteiger partial charge >= 0.3 is 0 Å². The van der Waals surface area contributed by atoms with Gasteiger partial charge in [-0.15, -0.1) is 0 Å². The number of likely N-dealkylation sites (N-methyl/N-ethyl adjacent to an activating group) is 1. The van der Waals surface area contributed by atoms with E-state index in [0.29, 0.717) is 26.1 Å². The molecular formula is C40H63N5O7. The predicted molar refractivity (Wildman–Crippen MR) is 201 cm³/mol. The second-order valence-corrected chi connectivity index (χ2v) is 15.2. The fourth-order valence-electron chi connectivity index (χ4n) is 7.88. The molecule has 52 heavy (non-hydrogen) atoms. The minimum atomic E-state index is -0.857. The van der Waals surface area contributed by atoms with E-state index in [0.717, 1.165) is 42.1 Å². The van der Waals surface area contributed by atoms with Crippen LogP contribution in [0.25, 0.3) is 10.9 Å². The molecule has 0 spiro atoms. The lowest BCUT2D eigenvalue weighted by molar-refractivity contribution is -0.199. The highest BCUT2D eigenvalue weighted by Gasteiger charge is 2.43. The summed E-state index contributed by atoms with van der Waals surface area (Å²) >= 11 is 0. The van der Waals surface area contributed by atoms with Crippen molar-refractivity contribution in [1.82, 2.24) is 25.2 Å². The normalized spacial score (nSPS) is 20.6. The van der Waals surface area contributed by atoms with Gasteiger partial charge in [-0.3, -0.25) is 24.0 Å². The van der Waals surface area contributed by atoms with Gasteiger partial charge in [-0.05, 0) is 49.1 Å². The standard InChI is InChI=1S/C40H63N5O7/c1-10-26(4)36(43(7)39(48)27(5)25(2)3)34(50-8)23-35(46)44-19-15-18-33(44)37(51-9)28(6)38(47)42-32(40(49)45-20-13-14-21-52-45)22-29-24-41-31-17-12-11-16-30(29)31/h11-12,16-17,24-28,32-34,36-37,41H,10,13-15,18-23H2,1-9H3,(H,42,47)/t26-,27-,28+,32-,33-,34+,36-,37+/m0/s1. The van der Waals surface area contributed by atoms with Crippen LogP contribution in [0.15, 0.2) is 30.5 Å². The Bertz CT molecular complexity index is 1490. The zero-order chi connectivity index (χ0) is 38.1. The van der Waals surface area contributed by atoms with E-state index >= 15 is 0 Å². The monoisotopic (exact) mass is 725 g/mol. The van der Waals surface area contributed by atoms with Crippen LogP contribution in [0.2, 0.25) is 0 Å². The summed E-state index contributed by atoms with van der Waals surface area (Å²) in [5.41, 5.74) is 1.88. The van der Waals surface area contributed by atoms with Crippen molar-refractivity contribution >= 4 is 34.5 Å². The molecule has 2 saturated heterocycles. The van der Waals surface area contributed by atoms with Crippen molar-refractivity contribution in [3.05, 3.63) is 36.0 Å². The Morgan fingerprint density at radius 3 is 2.37 bits per heavy atom. The highest BCUT2D eigenvalue weighted by Crippen LogP contribution is 2.30. The molecule has 2 aliphatic heterocycles. The lowest BCUT2D eigenvalue weighted by Crippen LogP contribution is -2.55. The Kier molecular flexibility index (Phi) is 15.1. The van der Waals surface area contributed by atoms with E-state index in [1.807, 2.05) is 63.2 Å². The first-order chi connectivity index (χ1) is 24.8. The number of carbonyl (C=O) groups is 4. The van der Waals surface area contributed by atoms with Gasteiger partial charge in [-0.2, -0.15) is 0 Å². The Hall–Kier alpha value is -3.48. The van der Waals surface area contributed by atoms with Gasteiger partial charge in [0.25, 0.3) is 5.91 Å². The van der Waals surface area contributed by atoms with Crippen molar-refractivity contribution in [3.8, 4) is 0 Å². The first kappa shape index (κ1) is 41.3. The summed E-state index contributed by atoms with van der Waals surface area (Å²) in [4.78, 5) is 68.1. The maximum absolute atomic E-state index is 14.1. The van der Waals surface area contributed by atoms with Crippen LogP contribution in [0.5, 0.6) is 0 Å². The van der Waals surface area contributed by atoms with Gasteiger partial charge in [0.15, 0.2) is 0 Å². The van der Waals surface area contributed by atoms with E-state index < -0.39 is 24.2 Å². The van der Waals surface area contributed by atoms with Crippen LogP contribution in [0.1, 0.15) is 85.6 Å². The molecule has 3 heterocycles. The number of nitrogens with one attached hydrogen (secondary N) is 2. The maximum atomic E-state index is 14.1. The van der Waals surface area contributed by atoms with Gasteiger partial charge in [-0.1, -0.05) is 66.2 Å². The third-order valence-corrected chi connectivity index (χ3v) is 11.6. The number of hydrogen-bond donors (Lipinski definition) is 2. The molecule has 0 unspecified atom stereocenters. The largest absolute Gasteiger partial charge is 0.379 e. The molecule has 2 fully saturated rings. The van der Waals surface area contributed by atoms with Crippen LogP contribution in [-0.4, -0.2) is 115 Å². The molecule has 0 bridgehead atoms. The minimum absolute atomic E-state index is 0.0430. The maximum Gasteiger partial charge on any atom is 0.269 e. The molecule has 2 N–H and O–H groups in total. The van der Waals surface area contributed by atoms with E-state index in [4.69, 9.17) is 14.3 Å². The summed E-state index contributed by atoms with van der Waals surface area (Å²) in [6.07, 6.45) is 5.14. The summed E-state index contributed by atoms with van der Waals surface area (Å²) in [7, 11) is 4.99. The molecule has 4 amide bonds. The summed E-state index contributed by atoms with van der Waals surface area (Å²) in [6, 6.07) is 6.39. The number of benzene rings is 1. The third-order valence-electron chi connectivity index (χ3n) is 11.6. The number of methoxy groups -OCH3 is 2. The molecule has 8 atom stereocenters. The second-order valence-electron chi connectivity index (χ2n) is 15.2. The van der Waals surface area contributed by atoms with Crippen molar-refractivity contribution in [2.45, 2.75) is 117 Å². The van der Waals surface area contributed by atoms with E-state index in [2.05, 4.69) is 24.1 Å². The van der Waals surface area contributed by atoms with Crippen LogP contribution >= 0.6 is 0 Å². The Morgan fingerprint density at radius 2 is 1.73 bits per heavy atom. The van der Waals surface area contributed by atoms with E-state index in [1.165, 1.54) is 5.06 Å². The number of fused-ring (bicyclic) bond motifs is 1. The summed E-state index contributed by atoms with van der Waals surface area (Å²) < 4.78 is 12.0. The number of hydrogen-bond acceptors (Lipinski definition) is 7. The van der Waals surface area contributed by atoms with Crippen LogP contribution in [0.3, 0.4) is 0 Å².